The van der Waals surface area contributed by atoms with E-state index in [2.05, 4.69) is 17.1 Å². The lowest BCUT2D eigenvalue weighted by atomic mass is 9.99. The van der Waals surface area contributed by atoms with E-state index >= 15 is 0 Å². The lowest BCUT2D eigenvalue weighted by Gasteiger charge is -2.31. The molecule has 0 spiro atoms. The van der Waals surface area contributed by atoms with Crippen molar-refractivity contribution in [1.29, 1.82) is 0 Å². The summed E-state index contributed by atoms with van der Waals surface area (Å²) in [7, 11) is 1.95. The molecule has 0 saturated carbocycles. The summed E-state index contributed by atoms with van der Waals surface area (Å²) < 4.78 is 1.96. The van der Waals surface area contributed by atoms with Crippen molar-refractivity contribution in [3.63, 3.8) is 0 Å². The number of thioether (sulfide) groups is 1. The van der Waals surface area contributed by atoms with E-state index in [4.69, 9.17) is 0 Å². The number of benzene rings is 1. The van der Waals surface area contributed by atoms with Crippen LogP contribution in [0.2, 0.25) is 0 Å². The largest absolute Gasteiger partial charge is 0.342 e. The molecule has 6 heteroatoms. The van der Waals surface area contributed by atoms with E-state index in [0.717, 1.165) is 48.4 Å². The number of carbonyl (C=O) groups is 1. The molecule has 0 bridgehead atoms. The van der Waals surface area contributed by atoms with Gasteiger partial charge < -0.3 is 9.47 Å². The molecule has 0 radical (unpaired) electrons. The topological polar surface area (TPSA) is 51.0 Å². The summed E-state index contributed by atoms with van der Waals surface area (Å²) in [5.74, 6) is 1.75. The predicted octanol–water partition coefficient (Wildman–Crippen LogP) is 3.22. The fourth-order valence-electron chi connectivity index (χ4n) is 2.95. The van der Waals surface area contributed by atoms with Gasteiger partial charge in [0.15, 0.2) is 11.0 Å². The van der Waals surface area contributed by atoms with Crippen molar-refractivity contribution in [2.75, 3.05) is 13.1 Å². The van der Waals surface area contributed by atoms with Crippen molar-refractivity contribution >= 4 is 17.7 Å². The molecule has 2 aromatic rings. The van der Waals surface area contributed by atoms with Crippen molar-refractivity contribution in [3.05, 3.63) is 30.3 Å². The van der Waals surface area contributed by atoms with E-state index in [1.807, 2.05) is 53.8 Å². The third-order valence-corrected chi connectivity index (χ3v) is 5.71. The van der Waals surface area contributed by atoms with Crippen LogP contribution >= 0.6 is 11.8 Å². The minimum Gasteiger partial charge on any atom is -0.342 e. The molecule has 1 saturated heterocycles. The Morgan fingerprint density at radius 1 is 1.21 bits per heavy atom. The van der Waals surface area contributed by atoms with Gasteiger partial charge in [-0.1, -0.05) is 49.0 Å². The number of piperidine rings is 1. The molecule has 3 rings (SSSR count). The minimum absolute atomic E-state index is 0.148. The summed E-state index contributed by atoms with van der Waals surface area (Å²) in [5.41, 5.74) is 1.03. The Morgan fingerprint density at radius 2 is 1.88 bits per heavy atom. The first-order chi connectivity index (χ1) is 11.6. The quantitative estimate of drug-likeness (QED) is 0.799. The van der Waals surface area contributed by atoms with E-state index in [-0.39, 0.29) is 11.2 Å². The Bertz CT molecular complexity index is 692. The number of hydrogen-bond donors (Lipinski definition) is 0. The van der Waals surface area contributed by atoms with Gasteiger partial charge in [-0.2, -0.15) is 0 Å². The maximum Gasteiger partial charge on any atom is 0.235 e. The monoisotopic (exact) mass is 344 g/mol. The Labute approximate surface area is 147 Å². The smallest absolute Gasteiger partial charge is 0.235 e. The van der Waals surface area contributed by atoms with Gasteiger partial charge in [-0.3, -0.25) is 4.79 Å². The van der Waals surface area contributed by atoms with Gasteiger partial charge in [0.25, 0.3) is 0 Å². The highest BCUT2D eigenvalue weighted by atomic mass is 32.2. The second-order valence-corrected chi connectivity index (χ2v) is 7.81. The fourth-order valence-corrected chi connectivity index (χ4v) is 3.85. The standard InChI is InChI=1S/C18H24N4OS/c1-13-9-11-22(12-10-13)17(23)14(2)24-18-20-19-16(21(18)3)15-7-5-4-6-8-15/h4-8,13-14H,9-12H2,1-3H3. The number of nitrogens with zero attached hydrogens (tertiary/aromatic N) is 4. The van der Waals surface area contributed by atoms with Gasteiger partial charge in [-0.05, 0) is 25.7 Å². The van der Waals surface area contributed by atoms with Crippen LogP contribution in [0.15, 0.2) is 35.5 Å². The average molecular weight is 344 g/mol. The molecule has 128 valence electrons. The van der Waals surface area contributed by atoms with Crippen LogP contribution in [0.1, 0.15) is 26.7 Å². The fraction of sp³-hybridized carbons (Fsp3) is 0.500. The van der Waals surface area contributed by atoms with Crippen LogP contribution in [0.3, 0.4) is 0 Å². The molecule has 0 N–H and O–H groups in total. The summed E-state index contributed by atoms with van der Waals surface area (Å²) in [5, 5.41) is 9.19. The van der Waals surface area contributed by atoms with Crippen LogP contribution in [0.4, 0.5) is 0 Å². The van der Waals surface area contributed by atoms with Crippen LogP contribution in [-0.4, -0.2) is 43.9 Å². The molecule has 1 amide bonds. The molecule has 1 fully saturated rings. The molecule has 1 atom stereocenters. The van der Waals surface area contributed by atoms with E-state index < -0.39 is 0 Å². The van der Waals surface area contributed by atoms with Crippen molar-refractivity contribution < 1.29 is 4.79 Å². The summed E-state index contributed by atoms with van der Waals surface area (Å²) >= 11 is 1.49. The number of rotatable bonds is 4. The van der Waals surface area contributed by atoms with Gasteiger partial charge in [0.1, 0.15) is 0 Å². The Hall–Kier alpha value is -1.82. The molecule has 1 aliphatic rings. The SMILES string of the molecule is CC1CCN(C(=O)C(C)Sc2nnc(-c3ccccc3)n2C)CC1. The van der Waals surface area contributed by atoms with Gasteiger partial charge in [0.2, 0.25) is 5.91 Å². The van der Waals surface area contributed by atoms with E-state index in [0.29, 0.717) is 0 Å². The first-order valence-corrected chi connectivity index (χ1v) is 9.34. The predicted molar refractivity (Wildman–Crippen MR) is 96.7 cm³/mol. The van der Waals surface area contributed by atoms with Crippen LogP contribution in [0.25, 0.3) is 11.4 Å². The third-order valence-electron chi connectivity index (χ3n) is 4.59. The van der Waals surface area contributed by atoms with Gasteiger partial charge in [0.05, 0.1) is 5.25 Å². The van der Waals surface area contributed by atoms with E-state index in [9.17, 15) is 4.79 Å². The number of carbonyl (C=O) groups excluding carboxylic acids is 1. The first kappa shape index (κ1) is 17.0. The van der Waals surface area contributed by atoms with Gasteiger partial charge in [-0.25, -0.2) is 0 Å². The Balaban J connectivity index is 1.68. The number of likely N-dealkylation sites (tertiary alicyclic amines) is 1. The zero-order valence-corrected chi connectivity index (χ0v) is 15.3. The maximum absolute atomic E-state index is 12.6. The maximum atomic E-state index is 12.6. The van der Waals surface area contributed by atoms with E-state index in [1.54, 1.807) is 0 Å². The minimum atomic E-state index is -0.148. The Kier molecular flexibility index (Phi) is 5.23. The normalized spacial score (nSPS) is 17.0. The highest BCUT2D eigenvalue weighted by Crippen LogP contribution is 2.27. The molecule has 1 aromatic heterocycles. The first-order valence-electron chi connectivity index (χ1n) is 8.46. The highest BCUT2D eigenvalue weighted by molar-refractivity contribution is 8.00. The molecule has 5 nitrogen and oxygen atoms in total. The second kappa shape index (κ2) is 7.38. The summed E-state index contributed by atoms with van der Waals surface area (Å²) in [6.45, 7) is 5.96. The highest BCUT2D eigenvalue weighted by Gasteiger charge is 2.26. The van der Waals surface area contributed by atoms with Crippen molar-refractivity contribution in [3.8, 4) is 11.4 Å². The summed E-state index contributed by atoms with van der Waals surface area (Å²) in [6, 6.07) is 9.99. The molecule has 2 heterocycles. The molecule has 1 aliphatic heterocycles. The average Bonchev–Trinajstić information content (AvgIpc) is 2.96. The van der Waals surface area contributed by atoms with Crippen molar-refractivity contribution in [2.45, 2.75) is 37.1 Å². The zero-order chi connectivity index (χ0) is 17.1. The van der Waals surface area contributed by atoms with Crippen LogP contribution in [0, 0.1) is 5.92 Å². The van der Waals surface area contributed by atoms with Crippen LogP contribution in [0.5, 0.6) is 0 Å². The number of hydrogen-bond acceptors (Lipinski definition) is 4. The number of amides is 1. The van der Waals surface area contributed by atoms with Gasteiger partial charge in [-0.15, -0.1) is 10.2 Å². The van der Waals surface area contributed by atoms with Crippen LogP contribution in [-0.2, 0) is 11.8 Å². The molecular weight excluding hydrogens is 320 g/mol. The molecule has 0 aliphatic carbocycles. The zero-order valence-electron chi connectivity index (χ0n) is 14.5. The lowest BCUT2D eigenvalue weighted by molar-refractivity contribution is -0.131. The van der Waals surface area contributed by atoms with E-state index in [1.165, 1.54) is 11.8 Å². The van der Waals surface area contributed by atoms with Gasteiger partial charge >= 0.3 is 0 Å². The molecule has 1 unspecified atom stereocenters. The summed E-state index contributed by atoms with van der Waals surface area (Å²) in [4.78, 5) is 14.6. The molecule has 1 aromatic carbocycles. The number of aromatic nitrogens is 3. The third kappa shape index (κ3) is 3.64. The molecular formula is C18H24N4OS. The second-order valence-electron chi connectivity index (χ2n) is 6.50. The van der Waals surface area contributed by atoms with Gasteiger partial charge in [0, 0.05) is 25.7 Å². The lowest BCUT2D eigenvalue weighted by Crippen LogP contribution is -2.41. The molecule has 24 heavy (non-hydrogen) atoms. The Morgan fingerprint density at radius 3 is 2.54 bits per heavy atom. The van der Waals surface area contributed by atoms with Crippen LogP contribution < -0.4 is 0 Å². The summed E-state index contributed by atoms with van der Waals surface area (Å²) in [6.07, 6.45) is 2.20. The van der Waals surface area contributed by atoms with Crippen molar-refractivity contribution in [2.24, 2.45) is 13.0 Å². The van der Waals surface area contributed by atoms with Crippen molar-refractivity contribution in [1.82, 2.24) is 19.7 Å².